The number of nitrogens with zero attached hydrogens (tertiary/aromatic N) is 2. The Labute approximate surface area is 143 Å². The van der Waals surface area contributed by atoms with E-state index in [0.717, 1.165) is 11.1 Å². The molecule has 3 aliphatic heterocycles. The van der Waals surface area contributed by atoms with Gasteiger partial charge in [0.1, 0.15) is 17.8 Å². The van der Waals surface area contributed by atoms with Crippen molar-refractivity contribution in [3.63, 3.8) is 0 Å². The van der Waals surface area contributed by atoms with Crippen molar-refractivity contribution in [3.8, 4) is 11.5 Å². The fourth-order valence-corrected chi connectivity index (χ4v) is 3.91. The molecule has 25 heavy (non-hydrogen) atoms. The van der Waals surface area contributed by atoms with E-state index >= 15 is 0 Å². The summed E-state index contributed by atoms with van der Waals surface area (Å²) in [6, 6.07) is 6.50. The molecule has 0 unspecified atom stereocenters. The lowest BCUT2D eigenvalue weighted by Gasteiger charge is -2.45. The summed E-state index contributed by atoms with van der Waals surface area (Å²) in [4.78, 5) is 28.6. The molecule has 2 amide bonds. The van der Waals surface area contributed by atoms with Gasteiger partial charge in [0.25, 0.3) is 0 Å². The van der Waals surface area contributed by atoms with Crippen LogP contribution in [0.15, 0.2) is 34.9 Å². The summed E-state index contributed by atoms with van der Waals surface area (Å²) in [7, 11) is 1.66. The van der Waals surface area contributed by atoms with Crippen LogP contribution in [0.3, 0.4) is 0 Å². The fourth-order valence-electron chi connectivity index (χ4n) is 3.91. The molecule has 0 aliphatic carbocycles. The molecule has 2 aromatic rings. The lowest BCUT2D eigenvalue weighted by atomic mass is 9.88. The molecular weight excluding hydrogens is 324 g/mol. The smallest absolute Gasteiger partial charge is 0.245 e. The molecule has 1 aromatic heterocycles. The number of hydrogen-bond donors (Lipinski definition) is 0. The van der Waals surface area contributed by atoms with Gasteiger partial charge in [0.05, 0.1) is 12.8 Å². The van der Waals surface area contributed by atoms with Crippen molar-refractivity contribution in [1.82, 2.24) is 9.80 Å². The molecule has 1 fully saturated rings. The van der Waals surface area contributed by atoms with Crippen molar-refractivity contribution in [2.24, 2.45) is 0 Å². The maximum Gasteiger partial charge on any atom is 0.245 e. The maximum atomic E-state index is 12.8. The second kappa shape index (κ2) is 5.02. The highest BCUT2D eigenvalue weighted by Gasteiger charge is 2.47. The Morgan fingerprint density at radius 2 is 1.96 bits per heavy atom. The first-order chi connectivity index (χ1) is 12.1. The number of benzene rings is 1. The number of furan rings is 1. The third-order valence-electron chi connectivity index (χ3n) is 5.09. The topological polar surface area (TPSA) is 72.2 Å². The minimum Gasteiger partial charge on any atom is -0.466 e. The van der Waals surface area contributed by atoms with Crippen LogP contribution in [-0.4, -0.2) is 48.0 Å². The number of rotatable bonds is 1. The number of carbonyl (C=O) groups is 2. The second-order valence-corrected chi connectivity index (χ2v) is 6.54. The van der Waals surface area contributed by atoms with Crippen molar-refractivity contribution in [3.05, 3.63) is 47.4 Å². The molecule has 0 bridgehead atoms. The van der Waals surface area contributed by atoms with Gasteiger partial charge in [-0.05, 0) is 29.3 Å². The average Bonchev–Trinajstić information content (AvgIpc) is 3.26. The molecule has 0 N–H and O–H groups in total. The largest absolute Gasteiger partial charge is 0.466 e. The van der Waals surface area contributed by atoms with Gasteiger partial charge < -0.3 is 23.7 Å². The predicted molar refractivity (Wildman–Crippen MR) is 85.1 cm³/mol. The van der Waals surface area contributed by atoms with Gasteiger partial charge in [0.15, 0.2) is 11.5 Å². The average molecular weight is 340 g/mol. The molecule has 1 aromatic carbocycles. The number of fused-ring (bicyclic) bond motifs is 3. The standard InChI is InChI=1S/C18H16N2O5/c1-19-8-15(21)20-12(18(19)22)6-11-4-5-23-17(11)16(20)10-2-3-13-14(7-10)25-9-24-13/h2-5,7,12,16H,6,8-9H2,1H3/t12-,16-/m1/s1. The number of carbonyl (C=O) groups excluding carboxylic acids is 2. The van der Waals surface area contributed by atoms with E-state index < -0.39 is 12.1 Å². The van der Waals surface area contributed by atoms with Crippen LogP contribution in [0, 0.1) is 0 Å². The van der Waals surface area contributed by atoms with Gasteiger partial charge in [-0.1, -0.05) is 6.07 Å². The first kappa shape index (κ1) is 14.4. The molecule has 0 spiro atoms. The van der Waals surface area contributed by atoms with Crippen molar-refractivity contribution in [2.45, 2.75) is 18.5 Å². The van der Waals surface area contributed by atoms with Crippen LogP contribution in [0.4, 0.5) is 0 Å². The van der Waals surface area contributed by atoms with Crippen LogP contribution < -0.4 is 9.47 Å². The lowest BCUT2D eigenvalue weighted by Crippen LogP contribution is -2.61. The minimum absolute atomic E-state index is 0.0443. The number of amides is 2. The van der Waals surface area contributed by atoms with E-state index in [1.54, 1.807) is 18.2 Å². The van der Waals surface area contributed by atoms with E-state index in [1.807, 2.05) is 24.3 Å². The summed E-state index contributed by atoms with van der Waals surface area (Å²) in [5, 5.41) is 0. The molecule has 7 heteroatoms. The zero-order chi connectivity index (χ0) is 17.1. The number of likely N-dealkylation sites (N-methyl/N-ethyl adjacent to an activating group) is 1. The zero-order valence-electron chi connectivity index (χ0n) is 13.6. The lowest BCUT2D eigenvalue weighted by molar-refractivity contribution is -0.157. The van der Waals surface area contributed by atoms with Crippen LogP contribution in [0.5, 0.6) is 11.5 Å². The summed E-state index contributed by atoms with van der Waals surface area (Å²) < 4.78 is 16.5. The Morgan fingerprint density at radius 1 is 1.12 bits per heavy atom. The summed E-state index contributed by atoms with van der Waals surface area (Å²) in [5.41, 5.74) is 1.80. The summed E-state index contributed by atoms with van der Waals surface area (Å²) in [5.74, 6) is 1.90. The van der Waals surface area contributed by atoms with Gasteiger partial charge >= 0.3 is 0 Å². The van der Waals surface area contributed by atoms with Crippen LogP contribution in [0.2, 0.25) is 0 Å². The van der Waals surface area contributed by atoms with Gasteiger partial charge in [0.2, 0.25) is 18.6 Å². The third kappa shape index (κ3) is 1.98. The summed E-state index contributed by atoms with van der Waals surface area (Å²) in [6.07, 6.45) is 2.09. The van der Waals surface area contributed by atoms with Gasteiger partial charge in [-0.15, -0.1) is 0 Å². The molecular formula is C18H16N2O5. The van der Waals surface area contributed by atoms with E-state index in [4.69, 9.17) is 13.9 Å². The van der Waals surface area contributed by atoms with Gasteiger partial charge in [-0.2, -0.15) is 0 Å². The van der Waals surface area contributed by atoms with Crippen molar-refractivity contribution < 1.29 is 23.5 Å². The fraction of sp³-hybridized carbons (Fsp3) is 0.333. The van der Waals surface area contributed by atoms with Gasteiger partial charge in [-0.25, -0.2) is 0 Å². The van der Waals surface area contributed by atoms with Crippen LogP contribution >= 0.6 is 0 Å². The molecule has 7 nitrogen and oxygen atoms in total. The SMILES string of the molecule is CN1CC(=O)N2[C@H](c3ccc4c(c3)OCO4)c3occc3C[C@@H]2C1=O. The molecule has 128 valence electrons. The first-order valence-electron chi connectivity index (χ1n) is 8.15. The van der Waals surface area contributed by atoms with E-state index in [0.29, 0.717) is 23.7 Å². The quantitative estimate of drug-likeness (QED) is 0.783. The highest BCUT2D eigenvalue weighted by Crippen LogP contribution is 2.43. The predicted octanol–water partition coefficient (Wildman–Crippen LogP) is 1.32. The molecule has 2 atom stereocenters. The molecule has 1 saturated heterocycles. The maximum absolute atomic E-state index is 12.8. The third-order valence-corrected chi connectivity index (χ3v) is 5.09. The molecule has 4 heterocycles. The van der Waals surface area contributed by atoms with Crippen LogP contribution in [0.1, 0.15) is 22.9 Å². The van der Waals surface area contributed by atoms with E-state index in [9.17, 15) is 9.59 Å². The highest BCUT2D eigenvalue weighted by molar-refractivity contribution is 5.95. The zero-order valence-corrected chi connectivity index (χ0v) is 13.6. The van der Waals surface area contributed by atoms with Crippen LogP contribution in [-0.2, 0) is 16.0 Å². The molecule has 3 aliphatic rings. The normalized spacial score (nSPS) is 24.4. The van der Waals surface area contributed by atoms with Crippen LogP contribution in [0.25, 0.3) is 0 Å². The second-order valence-electron chi connectivity index (χ2n) is 6.54. The molecule has 5 rings (SSSR count). The minimum atomic E-state index is -0.508. The Bertz CT molecular complexity index is 889. The number of hydrogen-bond acceptors (Lipinski definition) is 5. The summed E-state index contributed by atoms with van der Waals surface area (Å²) in [6.45, 7) is 0.260. The Hall–Kier alpha value is -2.96. The molecule has 0 radical (unpaired) electrons. The highest BCUT2D eigenvalue weighted by atomic mass is 16.7. The number of ether oxygens (including phenoxy) is 2. The van der Waals surface area contributed by atoms with E-state index in [1.165, 1.54) is 4.90 Å². The van der Waals surface area contributed by atoms with Gasteiger partial charge in [-0.3, -0.25) is 9.59 Å². The monoisotopic (exact) mass is 340 g/mol. The van der Waals surface area contributed by atoms with Gasteiger partial charge in [0, 0.05) is 13.5 Å². The Kier molecular flexibility index (Phi) is 2.89. The number of piperazine rings is 1. The Balaban J connectivity index is 1.66. The van der Waals surface area contributed by atoms with E-state index in [-0.39, 0.29) is 25.2 Å². The van der Waals surface area contributed by atoms with Crippen molar-refractivity contribution in [1.29, 1.82) is 0 Å². The first-order valence-corrected chi connectivity index (χ1v) is 8.15. The Morgan fingerprint density at radius 3 is 2.84 bits per heavy atom. The molecule has 0 saturated carbocycles. The summed E-state index contributed by atoms with van der Waals surface area (Å²) >= 11 is 0. The van der Waals surface area contributed by atoms with Crippen molar-refractivity contribution in [2.75, 3.05) is 20.4 Å². The van der Waals surface area contributed by atoms with Crippen molar-refractivity contribution >= 4 is 11.8 Å². The van der Waals surface area contributed by atoms with E-state index in [2.05, 4.69) is 0 Å².